The number of benzene rings is 2. The fourth-order valence-corrected chi connectivity index (χ4v) is 2.37. The van der Waals surface area contributed by atoms with Crippen molar-refractivity contribution in [2.45, 2.75) is 13.0 Å². The maximum Gasteiger partial charge on any atom is 0.327 e. The van der Waals surface area contributed by atoms with E-state index in [0.29, 0.717) is 17.1 Å². The van der Waals surface area contributed by atoms with E-state index in [9.17, 15) is 4.79 Å². The molecule has 0 bridgehead atoms. The van der Waals surface area contributed by atoms with Gasteiger partial charge in [0.05, 0.1) is 20.8 Å². The topological polar surface area (TPSA) is 70.8 Å². The summed E-state index contributed by atoms with van der Waals surface area (Å²) in [6.45, 7) is 2.01. The molecule has 0 saturated heterocycles. The van der Waals surface area contributed by atoms with E-state index < -0.39 is 12.0 Å². The van der Waals surface area contributed by atoms with E-state index in [0.717, 1.165) is 11.1 Å². The third-order valence-corrected chi connectivity index (χ3v) is 3.51. The number of esters is 1. The Labute approximate surface area is 136 Å². The molecule has 0 aliphatic rings. The quantitative estimate of drug-likeness (QED) is 0.830. The number of hydrogen-bond acceptors (Lipinski definition) is 5. The van der Waals surface area contributed by atoms with Crippen LogP contribution >= 0.6 is 0 Å². The van der Waals surface area contributed by atoms with E-state index in [2.05, 4.69) is 0 Å². The summed E-state index contributed by atoms with van der Waals surface area (Å²) in [4.78, 5) is 11.9. The van der Waals surface area contributed by atoms with Gasteiger partial charge in [0.1, 0.15) is 17.5 Å². The summed E-state index contributed by atoms with van der Waals surface area (Å²) in [5, 5.41) is 0. The minimum Gasteiger partial charge on any atom is -0.496 e. The second kappa shape index (κ2) is 7.65. The molecule has 0 amide bonds. The maximum absolute atomic E-state index is 11.9. The first kappa shape index (κ1) is 16.8. The Morgan fingerprint density at radius 2 is 1.74 bits per heavy atom. The van der Waals surface area contributed by atoms with Gasteiger partial charge in [-0.25, -0.2) is 4.79 Å². The van der Waals surface area contributed by atoms with Gasteiger partial charge in [-0.05, 0) is 24.6 Å². The number of methoxy groups -OCH3 is 2. The van der Waals surface area contributed by atoms with Crippen molar-refractivity contribution in [2.24, 2.45) is 5.73 Å². The summed E-state index contributed by atoms with van der Waals surface area (Å²) in [6, 6.07) is 12.4. The number of ether oxygens (including phenoxy) is 3. The van der Waals surface area contributed by atoms with Crippen LogP contribution in [0.5, 0.6) is 11.5 Å². The first-order chi connectivity index (χ1) is 11.1. The van der Waals surface area contributed by atoms with E-state index >= 15 is 0 Å². The van der Waals surface area contributed by atoms with Gasteiger partial charge in [-0.2, -0.15) is 0 Å². The van der Waals surface area contributed by atoms with Crippen LogP contribution in [0, 0.1) is 0 Å². The van der Waals surface area contributed by atoms with Crippen molar-refractivity contribution in [3.8, 4) is 22.6 Å². The molecule has 0 aliphatic heterocycles. The fourth-order valence-electron chi connectivity index (χ4n) is 2.37. The zero-order chi connectivity index (χ0) is 16.8. The van der Waals surface area contributed by atoms with Crippen molar-refractivity contribution in [1.82, 2.24) is 0 Å². The molecule has 0 aromatic heterocycles. The molecule has 0 aliphatic carbocycles. The Kier molecular flexibility index (Phi) is 5.60. The molecule has 0 heterocycles. The number of carbonyl (C=O) groups is 1. The van der Waals surface area contributed by atoms with Crippen LogP contribution in [0.3, 0.4) is 0 Å². The van der Waals surface area contributed by atoms with Gasteiger partial charge in [0.2, 0.25) is 0 Å². The number of nitrogens with two attached hydrogens (primary N) is 1. The van der Waals surface area contributed by atoms with Gasteiger partial charge in [0, 0.05) is 11.1 Å². The summed E-state index contributed by atoms with van der Waals surface area (Å²) >= 11 is 0. The van der Waals surface area contributed by atoms with Crippen molar-refractivity contribution in [3.05, 3.63) is 48.0 Å². The van der Waals surface area contributed by atoms with Gasteiger partial charge in [-0.15, -0.1) is 0 Å². The summed E-state index contributed by atoms with van der Waals surface area (Å²) < 4.78 is 15.9. The van der Waals surface area contributed by atoms with E-state index in [1.165, 1.54) is 7.11 Å². The van der Waals surface area contributed by atoms with Crippen molar-refractivity contribution in [2.75, 3.05) is 20.8 Å². The average Bonchev–Trinajstić information content (AvgIpc) is 2.60. The summed E-state index contributed by atoms with van der Waals surface area (Å²) in [5.41, 5.74) is 8.38. The lowest BCUT2D eigenvalue weighted by Gasteiger charge is -2.18. The highest BCUT2D eigenvalue weighted by molar-refractivity contribution is 5.81. The molecule has 0 fully saturated rings. The van der Waals surface area contributed by atoms with E-state index in [1.54, 1.807) is 20.1 Å². The molecule has 122 valence electrons. The summed E-state index contributed by atoms with van der Waals surface area (Å²) in [5.74, 6) is 0.636. The van der Waals surface area contributed by atoms with Crippen LogP contribution in [-0.2, 0) is 9.53 Å². The van der Waals surface area contributed by atoms with Gasteiger partial charge in [-0.1, -0.05) is 30.3 Å². The molecule has 2 aromatic rings. The van der Waals surface area contributed by atoms with Crippen molar-refractivity contribution in [3.63, 3.8) is 0 Å². The average molecular weight is 315 g/mol. The molecule has 0 spiro atoms. The fraction of sp³-hybridized carbons (Fsp3) is 0.278. The Balaban J connectivity index is 2.52. The van der Waals surface area contributed by atoms with Crippen LogP contribution in [0.2, 0.25) is 0 Å². The molecule has 5 nitrogen and oxygen atoms in total. The maximum atomic E-state index is 11.9. The van der Waals surface area contributed by atoms with Gasteiger partial charge in [0.25, 0.3) is 0 Å². The van der Waals surface area contributed by atoms with E-state index in [1.807, 2.05) is 36.4 Å². The lowest BCUT2D eigenvalue weighted by atomic mass is 9.98. The first-order valence-electron chi connectivity index (χ1n) is 7.35. The van der Waals surface area contributed by atoms with Crippen molar-refractivity contribution < 1.29 is 19.0 Å². The number of carbonyl (C=O) groups excluding carboxylic acids is 1. The molecule has 0 radical (unpaired) electrons. The molecule has 23 heavy (non-hydrogen) atoms. The highest BCUT2D eigenvalue weighted by Crippen LogP contribution is 2.38. The molecular formula is C18H21NO4. The molecule has 5 heteroatoms. The normalized spacial score (nSPS) is 11.7. The predicted molar refractivity (Wildman–Crippen MR) is 88.5 cm³/mol. The van der Waals surface area contributed by atoms with E-state index in [4.69, 9.17) is 19.9 Å². The zero-order valence-electron chi connectivity index (χ0n) is 13.5. The standard InChI is InChI=1S/C18H21NO4/c1-4-23-18(20)17(19)14-11-15(21-2)13(10-16(14)22-3)12-8-6-5-7-9-12/h5-11,17H,4,19H2,1-3H3. The molecule has 2 N–H and O–H groups in total. The SMILES string of the molecule is CCOC(=O)C(N)c1cc(OC)c(-c2ccccc2)cc1OC. The third-order valence-electron chi connectivity index (χ3n) is 3.51. The van der Waals surface area contributed by atoms with Crippen LogP contribution in [0.15, 0.2) is 42.5 Å². The lowest BCUT2D eigenvalue weighted by molar-refractivity contribution is -0.144. The Morgan fingerprint density at radius 3 is 2.30 bits per heavy atom. The van der Waals surface area contributed by atoms with Gasteiger partial charge >= 0.3 is 5.97 Å². The monoisotopic (exact) mass is 315 g/mol. The molecule has 1 atom stereocenters. The van der Waals surface area contributed by atoms with Crippen LogP contribution in [-0.4, -0.2) is 26.8 Å². The second-order valence-corrected chi connectivity index (χ2v) is 4.89. The summed E-state index contributed by atoms with van der Waals surface area (Å²) in [7, 11) is 3.12. The summed E-state index contributed by atoms with van der Waals surface area (Å²) in [6.07, 6.45) is 0. The number of hydrogen-bond donors (Lipinski definition) is 1. The smallest absolute Gasteiger partial charge is 0.327 e. The predicted octanol–water partition coefficient (Wildman–Crippen LogP) is 2.93. The van der Waals surface area contributed by atoms with Gasteiger partial charge in [0.15, 0.2) is 0 Å². The highest BCUT2D eigenvalue weighted by Gasteiger charge is 2.23. The minimum atomic E-state index is -0.927. The first-order valence-corrected chi connectivity index (χ1v) is 7.35. The largest absolute Gasteiger partial charge is 0.496 e. The van der Waals surface area contributed by atoms with Crippen molar-refractivity contribution >= 4 is 5.97 Å². The van der Waals surface area contributed by atoms with Crippen LogP contribution in [0.1, 0.15) is 18.5 Å². The van der Waals surface area contributed by atoms with Gasteiger partial charge in [-0.3, -0.25) is 0 Å². The van der Waals surface area contributed by atoms with Crippen LogP contribution in [0.25, 0.3) is 11.1 Å². The Morgan fingerprint density at radius 1 is 1.09 bits per heavy atom. The molecule has 1 unspecified atom stereocenters. The highest BCUT2D eigenvalue weighted by atomic mass is 16.5. The second-order valence-electron chi connectivity index (χ2n) is 4.89. The minimum absolute atomic E-state index is 0.272. The van der Waals surface area contributed by atoms with Gasteiger partial charge < -0.3 is 19.9 Å². The van der Waals surface area contributed by atoms with Crippen molar-refractivity contribution in [1.29, 1.82) is 0 Å². The Bertz CT molecular complexity index is 670. The number of rotatable bonds is 6. The Hall–Kier alpha value is -2.53. The molecule has 0 saturated carbocycles. The van der Waals surface area contributed by atoms with E-state index in [-0.39, 0.29) is 6.61 Å². The lowest BCUT2D eigenvalue weighted by Crippen LogP contribution is -2.24. The zero-order valence-corrected chi connectivity index (χ0v) is 13.5. The molecular weight excluding hydrogens is 294 g/mol. The van der Waals surface area contributed by atoms with Crippen LogP contribution < -0.4 is 15.2 Å². The molecule has 2 rings (SSSR count). The third kappa shape index (κ3) is 3.63. The van der Waals surface area contributed by atoms with Crippen LogP contribution in [0.4, 0.5) is 0 Å². The molecule has 2 aromatic carbocycles.